The molecule has 3 nitrogen and oxygen atoms in total. The second-order valence-electron chi connectivity index (χ2n) is 5.62. The van der Waals surface area contributed by atoms with Crippen LogP contribution < -0.4 is 5.43 Å². The molecule has 0 fully saturated rings. The molecule has 0 aliphatic heterocycles. The third-order valence-corrected chi connectivity index (χ3v) is 4.68. The normalized spacial score (nSPS) is 11.1. The molecule has 1 amide bonds. The summed E-state index contributed by atoms with van der Waals surface area (Å²) in [6.45, 7) is 2.02. The second-order valence-corrected chi connectivity index (χ2v) is 6.47. The summed E-state index contributed by atoms with van der Waals surface area (Å²) < 4.78 is 1.02. The Labute approximate surface area is 149 Å². The molecular weight excluding hydrogens is 364 g/mol. The highest BCUT2D eigenvalue weighted by molar-refractivity contribution is 9.10. The molecule has 4 heteroatoms. The molecule has 120 valence electrons. The standard InChI is InChI=1S/C20H17BrN2O/c1-14-9-10-15(11-19(14)21)13-22-23-20(24)12-17-7-4-6-16-5-2-3-8-18(16)17/h2-11,13H,12H2,1H3,(H,23,24)/b22-13-. The minimum atomic E-state index is -0.131. The van der Waals surface area contributed by atoms with Gasteiger partial charge in [-0.1, -0.05) is 70.5 Å². The summed E-state index contributed by atoms with van der Waals surface area (Å²) in [5.74, 6) is -0.131. The minimum Gasteiger partial charge on any atom is -0.273 e. The third kappa shape index (κ3) is 3.89. The van der Waals surface area contributed by atoms with Gasteiger partial charge in [-0.05, 0) is 40.5 Å². The van der Waals surface area contributed by atoms with Crippen molar-refractivity contribution < 1.29 is 4.79 Å². The van der Waals surface area contributed by atoms with Crippen LogP contribution in [0.1, 0.15) is 16.7 Å². The van der Waals surface area contributed by atoms with E-state index in [1.54, 1.807) is 6.21 Å². The van der Waals surface area contributed by atoms with Crippen LogP contribution in [0.4, 0.5) is 0 Å². The zero-order chi connectivity index (χ0) is 16.9. The van der Waals surface area contributed by atoms with E-state index in [1.165, 1.54) is 0 Å². The van der Waals surface area contributed by atoms with Gasteiger partial charge in [0.25, 0.3) is 0 Å². The molecule has 3 rings (SSSR count). The summed E-state index contributed by atoms with van der Waals surface area (Å²) in [7, 11) is 0. The molecule has 0 unspecified atom stereocenters. The number of nitrogens with zero attached hydrogens (tertiary/aromatic N) is 1. The molecule has 1 N–H and O–H groups in total. The van der Waals surface area contributed by atoms with E-state index < -0.39 is 0 Å². The van der Waals surface area contributed by atoms with Crippen LogP contribution in [0, 0.1) is 6.92 Å². The Kier molecular flexibility index (Phi) is 5.06. The van der Waals surface area contributed by atoms with Gasteiger partial charge in [0.15, 0.2) is 0 Å². The van der Waals surface area contributed by atoms with E-state index in [9.17, 15) is 4.79 Å². The van der Waals surface area contributed by atoms with E-state index in [0.29, 0.717) is 6.42 Å². The summed E-state index contributed by atoms with van der Waals surface area (Å²) in [4.78, 5) is 12.1. The predicted molar refractivity (Wildman–Crippen MR) is 102 cm³/mol. The monoisotopic (exact) mass is 380 g/mol. The van der Waals surface area contributed by atoms with Crippen molar-refractivity contribution >= 4 is 38.8 Å². The topological polar surface area (TPSA) is 41.5 Å². The quantitative estimate of drug-likeness (QED) is 0.521. The molecule has 3 aromatic carbocycles. The van der Waals surface area contributed by atoms with Gasteiger partial charge >= 0.3 is 0 Å². The SMILES string of the molecule is Cc1ccc(/C=N\NC(=O)Cc2cccc3ccccc23)cc1Br. The summed E-state index contributed by atoms with van der Waals surface area (Å²) >= 11 is 3.49. The van der Waals surface area contributed by atoms with Crippen molar-refractivity contribution in [3.05, 3.63) is 81.8 Å². The fourth-order valence-electron chi connectivity index (χ4n) is 2.53. The van der Waals surface area contributed by atoms with Crippen LogP contribution >= 0.6 is 15.9 Å². The van der Waals surface area contributed by atoms with Crippen LogP contribution in [0.15, 0.2) is 70.2 Å². The summed E-state index contributed by atoms with van der Waals surface area (Å²) in [5, 5.41) is 6.28. The maximum Gasteiger partial charge on any atom is 0.244 e. The maximum atomic E-state index is 12.1. The minimum absolute atomic E-state index is 0.131. The molecule has 24 heavy (non-hydrogen) atoms. The molecular formula is C20H17BrN2O. The maximum absolute atomic E-state index is 12.1. The van der Waals surface area contributed by atoms with E-state index in [-0.39, 0.29) is 5.91 Å². The van der Waals surface area contributed by atoms with Gasteiger partial charge in [0, 0.05) is 4.47 Å². The number of carbonyl (C=O) groups excluding carboxylic acids is 1. The number of nitrogens with one attached hydrogen (secondary N) is 1. The van der Waals surface area contributed by atoms with Gasteiger partial charge in [0.05, 0.1) is 12.6 Å². The van der Waals surface area contributed by atoms with Crippen molar-refractivity contribution in [1.29, 1.82) is 0 Å². The smallest absolute Gasteiger partial charge is 0.244 e. The van der Waals surface area contributed by atoms with Crippen molar-refractivity contribution in [3.8, 4) is 0 Å². The largest absolute Gasteiger partial charge is 0.273 e. The predicted octanol–water partition coefficient (Wildman–Crippen LogP) is 4.60. The average molecular weight is 381 g/mol. The lowest BCUT2D eigenvalue weighted by molar-refractivity contribution is -0.120. The highest BCUT2D eigenvalue weighted by atomic mass is 79.9. The fourth-order valence-corrected chi connectivity index (χ4v) is 2.92. The molecule has 0 heterocycles. The lowest BCUT2D eigenvalue weighted by Gasteiger charge is -2.05. The number of amides is 1. The summed E-state index contributed by atoms with van der Waals surface area (Å²) in [5.41, 5.74) is 5.68. The van der Waals surface area contributed by atoms with E-state index in [2.05, 4.69) is 26.5 Å². The first-order chi connectivity index (χ1) is 11.6. The Morgan fingerprint density at radius 2 is 1.92 bits per heavy atom. The van der Waals surface area contributed by atoms with Crippen LogP contribution in [-0.4, -0.2) is 12.1 Å². The zero-order valence-electron chi connectivity index (χ0n) is 13.3. The Morgan fingerprint density at radius 3 is 2.75 bits per heavy atom. The van der Waals surface area contributed by atoms with Crippen LogP contribution in [0.25, 0.3) is 10.8 Å². The van der Waals surface area contributed by atoms with E-state index in [4.69, 9.17) is 0 Å². The molecule has 0 bridgehead atoms. The van der Waals surface area contributed by atoms with Crippen LogP contribution in [0.5, 0.6) is 0 Å². The lowest BCUT2D eigenvalue weighted by Crippen LogP contribution is -2.19. The highest BCUT2D eigenvalue weighted by Crippen LogP contribution is 2.19. The first-order valence-electron chi connectivity index (χ1n) is 7.68. The molecule has 0 atom stereocenters. The molecule has 0 aromatic heterocycles. The van der Waals surface area contributed by atoms with Gasteiger partial charge in [-0.15, -0.1) is 0 Å². The van der Waals surface area contributed by atoms with E-state index >= 15 is 0 Å². The van der Waals surface area contributed by atoms with Crippen molar-refractivity contribution in [2.75, 3.05) is 0 Å². The van der Waals surface area contributed by atoms with Gasteiger partial charge < -0.3 is 0 Å². The first kappa shape index (κ1) is 16.4. The van der Waals surface area contributed by atoms with Gasteiger partial charge in [-0.3, -0.25) is 4.79 Å². The van der Waals surface area contributed by atoms with Crippen LogP contribution in [0.3, 0.4) is 0 Å². The Balaban J connectivity index is 1.67. The zero-order valence-corrected chi connectivity index (χ0v) is 14.9. The third-order valence-electron chi connectivity index (χ3n) is 3.83. The van der Waals surface area contributed by atoms with E-state index in [0.717, 1.165) is 31.9 Å². The fraction of sp³-hybridized carbons (Fsp3) is 0.100. The number of hydrazone groups is 1. The van der Waals surface area contributed by atoms with Crippen LogP contribution in [0.2, 0.25) is 0 Å². The Morgan fingerprint density at radius 1 is 1.12 bits per heavy atom. The van der Waals surface area contributed by atoms with Gasteiger partial charge in [0.2, 0.25) is 5.91 Å². The van der Waals surface area contributed by atoms with Gasteiger partial charge in [0.1, 0.15) is 0 Å². The number of hydrogen-bond donors (Lipinski definition) is 1. The second kappa shape index (κ2) is 7.41. The number of hydrogen-bond acceptors (Lipinski definition) is 2. The number of rotatable bonds is 4. The van der Waals surface area contributed by atoms with Gasteiger partial charge in [-0.25, -0.2) is 5.43 Å². The molecule has 3 aromatic rings. The Hall–Kier alpha value is -2.46. The van der Waals surface area contributed by atoms with Gasteiger partial charge in [-0.2, -0.15) is 5.10 Å². The molecule has 0 aliphatic rings. The highest BCUT2D eigenvalue weighted by Gasteiger charge is 2.05. The summed E-state index contributed by atoms with van der Waals surface area (Å²) in [6.07, 6.45) is 1.95. The summed E-state index contributed by atoms with van der Waals surface area (Å²) in [6, 6.07) is 20.0. The number of halogens is 1. The number of benzene rings is 3. The van der Waals surface area contributed by atoms with Crippen molar-refractivity contribution in [2.24, 2.45) is 5.10 Å². The molecule has 0 saturated carbocycles. The average Bonchev–Trinajstić information content (AvgIpc) is 2.58. The van der Waals surface area contributed by atoms with Crippen molar-refractivity contribution in [1.82, 2.24) is 5.43 Å². The van der Waals surface area contributed by atoms with Crippen molar-refractivity contribution in [3.63, 3.8) is 0 Å². The number of aryl methyl sites for hydroxylation is 1. The van der Waals surface area contributed by atoms with Crippen molar-refractivity contribution in [2.45, 2.75) is 13.3 Å². The first-order valence-corrected chi connectivity index (χ1v) is 8.47. The number of carbonyl (C=O) groups is 1. The molecule has 0 radical (unpaired) electrons. The van der Waals surface area contributed by atoms with E-state index in [1.807, 2.05) is 67.6 Å². The lowest BCUT2D eigenvalue weighted by atomic mass is 10.0. The Bertz CT molecular complexity index is 913. The molecule has 0 aliphatic carbocycles. The molecule has 0 spiro atoms. The van der Waals surface area contributed by atoms with Crippen LogP contribution in [-0.2, 0) is 11.2 Å². The number of fused-ring (bicyclic) bond motifs is 1. The molecule has 0 saturated heterocycles.